The molecule has 1 aliphatic rings. The predicted molar refractivity (Wildman–Crippen MR) is 78.8 cm³/mol. The van der Waals surface area contributed by atoms with E-state index in [1.54, 1.807) is 23.9 Å². The third kappa shape index (κ3) is 2.71. The van der Waals surface area contributed by atoms with Gasteiger partial charge >= 0.3 is 5.97 Å². The van der Waals surface area contributed by atoms with Gasteiger partial charge in [0.15, 0.2) is 0 Å². The Labute approximate surface area is 130 Å². The van der Waals surface area contributed by atoms with Crippen LogP contribution in [0.15, 0.2) is 24.5 Å². The maximum absolute atomic E-state index is 12.9. The Bertz CT molecular complexity index is 765. The Morgan fingerprint density at radius 2 is 2.09 bits per heavy atom. The molecule has 0 atom stereocenters. The number of carbonyl (C=O) groups excluding carboxylic acids is 1. The van der Waals surface area contributed by atoms with Crippen molar-refractivity contribution in [3.8, 4) is 17.1 Å². The number of aromatic hydroxyl groups is 1. The van der Waals surface area contributed by atoms with E-state index in [9.17, 15) is 18.7 Å². The highest BCUT2D eigenvalue weighted by atomic mass is 19.3. The summed E-state index contributed by atoms with van der Waals surface area (Å²) in [5, 5.41) is 10.2. The number of pyridine rings is 1. The smallest absolute Gasteiger partial charge is 0.339 e. The molecule has 1 aliphatic heterocycles. The highest BCUT2D eigenvalue weighted by Gasteiger charge is 2.44. The topological polar surface area (TPSA) is 67.6 Å². The van der Waals surface area contributed by atoms with Crippen LogP contribution >= 0.6 is 0 Å². The van der Waals surface area contributed by atoms with E-state index in [1.807, 2.05) is 0 Å². The largest absolute Gasteiger partial charge is 0.506 e. The maximum atomic E-state index is 12.9. The SMILES string of the molecule is COC(=O)c1cc(-c2ncc(N3CC(F)(F)C3)cc2O)n(C)c1. The number of esters is 1. The number of halogens is 2. The maximum Gasteiger partial charge on any atom is 0.339 e. The summed E-state index contributed by atoms with van der Waals surface area (Å²) in [4.78, 5) is 17.1. The van der Waals surface area contributed by atoms with Gasteiger partial charge in [0.05, 0.1) is 43.3 Å². The Kier molecular flexibility index (Phi) is 3.46. The molecule has 2 aromatic heterocycles. The minimum atomic E-state index is -2.69. The van der Waals surface area contributed by atoms with E-state index >= 15 is 0 Å². The van der Waals surface area contributed by atoms with Crippen molar-refractivity contribution in [1.29, 1.82) is 0 Å². The standard InChI is InChI=1S/C15H15F2N3O3/c1-19-6-9(14(22)23-2)3-11(19)13-12(21)4-10(5-18-13)20-7-15(16,17)8-20/h3-6,21H,7-8H2,1-2H3. The second-order valence-electron chi connectivity index (χ2n) is 5.49. The number of nitrogens with zero attached hydrogens (tertiary/aromatic N) is 3. The van der Waals surface area contributed by atoms with Crippen molar-refractivity contribution in [3.05, 3.63) is 30.1 Å². The molecule has 122 valence electrons. The van der Waals surface area contributed by atoms with Gasteiger partial charge in [-0.1, -0.05) is 0 Å². The fourth-order valence-corrected chi connectivity index (χ4v) is 2.54. The normalized spacial score (nSPS) is 16.1. The first-order chi connectivity index (χ1) is 10.8. The molecular weight excluding hydrogens is 308 g/mol. The lowest BCUT2D eigenvalue weighted by Crippen LogP contribution is -2.56. The van der Waals surface area contributed by atoms with Gasteiger partial charge in [-0.05, 0) is 6.07 Å². The fourth-order valence-electron chi connectivity index (χ4n) is 2.54. The number of hydrogen-bond donors (Lipinski definition) is 1. The van der Waals surface area contributed by atoms with Crippen LogP contribution in [0.1, 0.15) is 10.4 Å². The number of methoxy groups -OCH3 is 1. The zero-order valence-electron chi connectivity index (χ0n) is 12.6. The Balaban J connectivity index is 1.90. The van der Waals surface area contributed by atoms with Gasteiger partial charge < -0.3 is 19.3 Å². The van der Waals surface area contributed by atoms with Crippen LogP contribution in [0, 0.1) is 0 Å². The third-order valence-electron chi connectivity index (χ3n) is 3.73. The van der Waals surface area contributed by atoms with Gasteiger partial charge in [0.25, 0.3) is 5.92 Å². The molecule has 2 aromatic rings. The molecule has 0 amide bonds. The van der Waals surface area contributed by atoms with Gasteiger partial charge in [-0.15, -0.1) is 0 Å². The molecule has 0 bridgehead atoms. The van der Waals surface area contributed by atoms with Crippen molar-refractivity contribution in [2.45, 2.75) is 5.92 Å². The molecule has 0 saturated carbocycles. The van der Waals surface area contributed by atoms with Gasteiger partial charge in [-0.3, -0.25) is 0 Å². The monoisotopic (exact) mass is 323 g/mol. The number of rotatable bonds is 3. The number of aromatic nitrogens is 2. The number of aryl methyl sites for hydroxylation is 1. The number of alkyl halides is 2. The van der Waals surface area contributed by atoms with Gasteiger partial charge in [-0.25, -0.2) is 18.6 Å². The first-order valence-corrected chi connectivity index (χ1v) is 6.87. The lowest BCUT2D eigenvalue weighted by atomic mass is 10.1. The van der Waals surface area contributed by atoms with E-state index in [0.717, 1.165) is 0 Å². The Morgan fingerprint density at radius 3 is 2.65 bits per heavy atom. The molecule has 0 unspecified atom stereocenters. The number of hydrogen-bond acceptors (Lipinski definition) is 5. The summed E-state index contributed by atoms with van der Waals surface area (Å²) >= 11 is 0. The van der Waals surface area contributed by atoms with Crippen LogP contribution in [-0.4, -0.2) is 46.7 Å². The van der Waals surface area contributed by atoms with Crippen molar-refractivity contribution in [1.82, 2.24) is 9.55 Å². The van der Waals surface area contributed by atoms with Crippen LogP contribution < -0.4 is 4.90 Å². The lowest BCUT2D eigenvalue weighted by molar-refractivity contribution is -0.0263. The van der Waals surface area contributed by atoms with Crippen LogP contribution in [0.3, 0.4) is 0 Å². The van der Waals surface area contributed by atoms with E-state index < -0.39 is 11.9 Å². The van der Waals surface area contributed by atoms with Gasteiger partial charge in [0.2, 0.25) is 0 Å². The molecule has 0 aliphatic carbocycles. The van der Waals surface area contributed by atoms with Crippen molar-refractivity contribution >= 4 is 11.7 Å². The molecule has 6 nitrogen and oxygen atoms in total. The molecule has 1 fully saturated rings. The molecule has 0 radical (unpaired) electrons. The Morgan fingerprint density at radius 1 is 1.39 bits per heavy atom. The van der Waals surface area contributed by atoms with Crippen LogP contribution in [0.25, 0.3) is 11.4 Å². The molecular formula is C15H15F2N3O3. The summed E-state index contributed by atoms with van der Waals surface area (Å²) in [6.07, 6.45) is 2.99. The molecule has 3 rings (SSSR count). The summed E-state index contributed by atoms with van der Waals surface area (Å²) in [6.45, 7) is -0.770. The van der Waals surface area contributed by atoms with Crippen molar-refractivity contribution in [2.24, 2.45) is 7.05 Å². The number of ether oxygens (including phenoxy) is 1. The van der Waals surface area contributed by atoms with E-state index in [0.29, 0.717) is 16.9 Å². The highest BCUT2D eigenvalue weighted by Crippen LogP contribution is 2.36. The summed E-state index contributed by atoms with van der Waals surface area (Å²) in [5.74, 6) is -3.33. The first kappa shape index (κ1) is 15.3. The van der Waals surface area contributed by atoms with Crippen LogP contribution in [0.5, 0.6) is 5.75 Å². The minimum absolute atomic E-state index is 0.143. The van der Waals surface area contributed by atoms with Gasteiger partial charge in [-0.2, -0.15) is 0 Å². The number of anilines is 1. The van der Waals surface area contributed by atoms with Crippen LogP contribution in [-0.2, 0) is 11.8 Å². The summed E-state index contributed by atoms with van der Waals surface area (Å²) in [7, 11) is 2.98. The molecule has 1 N–H and O–H groups in total. The number of carbonyl (C=O) groups is 1. The zero-order valence-corrected chi connectivity index (χ0v) is 12.6. The second-order valence-corrected chi connectivity index (χ2v) is 5.49. The van der Waals surface area contributed by atoms with Crippen LogP contribution in [0.2, 0.25) is 0 Å². The average Bonchev–Trinajstić information content (AvgIpc) is 2.85. The lowest BCUT2D eigenvalue weighted by Gasteiger charge is -2.40. The summed E-state index contributed by atoms with van der Waals surface area (Å²) in [5.41, 5.74) is 1.54. The van der Waals surface area contributed by atoms with Gasteiger partial charge in [0, 0.05) is 19.3 Å². The van der Waals surface area contributed by atoms with Crippen molar-refractivity contribution in [3.63, 3.8) is 0 Å². The molecule has 0 aromatic carbocycles. The minimum Gasteiger partial charge on any atom is -0.506 e. The molecule has 23 heavy (non-hydrogen) atoms. The Hall–Kier alpha value is -2.64. The molecule has 3 heterocycles. The molecule has 1 saturated heterocycles. The van der Waals surface area contributed by atoms with E-state index in [4.69, 9.17) is 0 Å². The third-order valence-corrected chi connectivity index (χ3v) is 3.73. The van der Waals surface area contributed by atoms with E-state index in [-0.39, 0.29) is 24.5 Å². The molecule has 0 spiro atoms. The average molecular weight is 323 g/mol. The van der Waals surface area contributed by atoms with Crippen molar-refractivity contribution in [2.75, 3.05) is 25.1 Å². The predicted octanol–water partition coefficient (Wildman–Crippen LogP) is 2.03. The first-order valence-electron chi connectivity index (χ1n) is 6.87. The van der Waals surface area contributed by atoms with Crippen LogP contribution in [0.4, 0.5) is 14.5 Å². The summed E-state index contributed by atoms with van der Waals surface area (Å²) < 4.78 is 32.1. The zero-order chi connectivity index (χ0) is 16.8. The van der Waals surface area contributed by atoms with Gasteiger partial charge in [0.1, 0.15) is 11.4 Å². The quantitative estimate of drug-likeness (QED) is 0.876. The second kappa shape index (κ2) is 5.22. The highest BCUT2D eigenvalue weighted by molar-refractivity contribution is 5.91. The van der Waals surface area contributed by atoms with E-state index in [1.165, 1.54) is 24.3 Å². The summed E-state index contributed by atoms with van der Waals surface area (Å²) in [6, 6.07) is 2.94. The van der Waals surface area contributed by atoms with E-state index in [2.05, 4.69) is 9.72 Å². The fraction of sp³-hybridized carbons (Fsp3) is 0.333. The van der Waals surface area contributed by atoms with Crippen molar-refractivity contribution < 1.29 is 23.4 Å². The molecule has 8 heteroatoms.